The van der Waals surface area contributed by atoms with Crippen LogP contribution in [0.4, 0.5) is 4.39 Å². The van der Waals surface area contributed by atoms with Crippen LogP contribution in [0.1, 0.15) is 38.7 Å². The van der Waals surface area contributed by atoms with Crippen molar-refractivity contribution in [2.45, 2.75) is 39.5 Å². The highest BCUT2D eigenvalue weighted by molar-refractivity contribution is 5.88. The van der Waals surface area contributed by atoms with Crippen molar-refractivity contribution in [2.24, 2.45) is 0 Å². The molecule has 0 aliphatic heterocycles. The molecule has 0 amide bonds. The zero-order chi connectivity index (χ0) is 17.5. The van der Waals surface area contributed by atoms with E-state index < -0.39 is 5.97 Å². The van der Waals surface area contributed by atoms with E-state index in [-0.39, 0.29) is 5.82 Å². The lowest BCUT2D eigenvalue weighted by Crippen LogP contribution is -2.07. The van der Waals surface area contributed by atoms with Crippen LogP contribution in [0.25, 0.3) is 11.1 Å². The van der Waals surface area contributed by atoms with Crippen molar-refractivity contribution in [2.75, 3.05) is 0 Å². The molecule has 2 rings (SSSR count). The van der Waals surface area contributed by atoms with Crippen molar-refractivity contribution in [3.05, 3.63) is 66.0 Å². The fraction of sp³-hybridized carbons (Fsp3) is 0.286. The van der Waals surface area contributed by atoms with Gasteiger partial charge < -0.3 is 4.74 Å². The number of halogens is 1. The van der Waals surface area contributed by atoms with Crippen LogP contribution in [0.5, 0.6) is 5.75 Å². The van der Waals surface area contributed by atoms with Crippen LogP contribution in [0, 0.1) is 5.82 Å². The van der Waals surface area contributed by atoms with Crippen molar-refractivity contribution in [1.82, 2.24) is 0 Å². The molecule has 0 bridgehead atoms. The molecule has 2 nitrogen and oxygen atoms in total. The molecule has 0 N–H and O–H groups in total. The number of aryl methyl sites for hydroxylation is 1. The molecule has 3 heteroatoms. The molecule has 0 heterocycles. The molecular weight excluding hydrogens is 303 g/mol. The van der Waals surface area contributed by atoms with Crippen LogP contribution in [-0.4, -0.2) is 5.97 Å². The lowest BCUT2D eigenvalue weighted by atomic mass is 10.0. The Hall–Kier alpha value is -2.42. The number of unbranched alkanes of at least 4 members (excludes halogenated alkanes) is 2. The topological polar surface area (TPSA) is 26.3 Å². The lowest BCUT2D eigenvalue weighted by Gasteiger charge is -2.08. The zero-order valence-corrected chi connectivity index (χ0v) is 14.3. The maximum absolute atomic E-state index is 14.2. The molecule has 0 fully saturated rings. The minimum atomic E-state index is -0.453. The number of hydrogen-bond acceptors (Lipinski definition) is 2. The minimum Gasteiger partial charge on any atom is -0.423 e. The summed E-state index contributed by atoms with van der Waals surface area (Å²) in [5, 5.41) is 0. The molecule has 0 aliphatic rings. The fourth-order valence-electron chi connectivity index (χ4n) is 2.40. The van der Waals surface area contributed by atoms with Crippen molar-refractivity contribution < 1.29 is 13.9 Å². The summed E-state index contributed by atoms with van der Waals surface area (Å²) in [5.41, 5.74) is 2.80. The molecule has 0 saturated heterocycles. The van der Waals surface area contributed by atoms with Crippen LogP contribution in [0.3, 0.4) is 0 Å². The summed E-state index contributed by atoms with van der Waals surface area (Å²) in [6, 6.07) is 12.4. The Morgan fingerprint density at radius 3 is 2.33 bits per heavy atom. The Bertz CT molecular complexity index is 717. The van der Waals surface area contributed by atoms with Gasteiger partial charge in [0.05, 0.1) is 0 Å². The standard InChI is InChI=1S/C21H23FO2/c1-4-5-6-7-17-8-9-18(14-20(17)22)16-10-12-19(13-11-16)24-21(23)15(2)3/h8-14H,2,4-7H2,1,3H3. The zero-order valence-electron chi connectivity index (χ0n) is 14.3. The van der Waals surface area contributed by atoms with Crippen LogP contribution in [-0.2, 0) is 11.2 Å². The van der Waals surface area contributed by atoms with Crippen LogP contribution < -0.4 is 4.74 Å². The third kappa shape index (κ3) is 4.79. The van der Waals surface area contributed by atoms with Gasteiger partial charge in [-0.3, -0.25) is 0 Å². The highest BCUT2D eigenvalue weighted by Crippen LogP contribution is 2.25. The third-order valence-electron chi connectivity index (χ3n) is 3.85. The second-order valence-corrected chi connectivity index (χ2v) is 5.96. The number of esters is 1. The lowest BCUT2D eigenvalue weighted by molar-refractivity contribution is -0.130. The first-order valence-corrected chi connectivity index (χ1v) is 8.27. The SMILES string of the molecule is C=C(C)C(=O)Oc1ccc(-c2ccc(CCCCC)c(F)c2)cc1. The Morgan fingerprint density at radius 2 is 1.75 bits per heavy atom. The smallest absolute Gasteiger partial charge is 0.338 e. The summed E-state index contributed by atoms with van der Waals surface area (Å²) < 4.78 is 19.4. The molecule has 0 aromatic heterocycles. The van der Waals surface area contributed by atoms with Crippen molar-refractivity contribution in [3.63, 3.8) is 0 Å². The van der Waals surface area contributed by atoms with E-state index in [0.29, 0.717) is 11.3 Å². The summed E-state index contributed by atoms with van der Waals surface area (Å²) in [7, 11) is 0. The quantitative estimate of drug-likeness (QED) is 0.282. The van der Waals surface area contributed by atoms with E-state index in [2.05, 4.69) is 13.5 Å². The molecule has 0 spiro atoms. The number of carbonyl (C=O) groups is 1. The predicted octanol–water partition coefficient (Wildman–Crippen LogP) is 5.71. The van der Waals surface area contributed by atoms with Crippen LogP contribution >= 0.6 is 0 Å². The number of benzene rings is 2. The van der Waals surface area contributed by atoms with E-state index in [0.717, 1.165) is 42.4 Å². The van der Waals surface area contributed by atoms with E-state index in [1.54, 1.807) is 25.1 Å². The number of hydrogen-bond donors (Lipinski definition) is 0. The van der Waals surface area contributed by atoms with Gasteiger partial charge in [0, 0.05) is 5.57 Å². The Balaban J connectivity index is 2.10. The van der Waals surface area contributed by atoms with Gasteiger partial charge in [-0.05, 0) is 54.7 Å². The molecule has 126 valence electrons. The fourth-order valence-corrected chi connectivity index (χ4v) is 2.40. The van der Waals surface area contributed by atoms with Gasteiger partial charge in [0.1, 0.15) is 11.6 Å². The summed E-state index contributed by atoms with van der Waals surface area (Å²) in [4.78, 5) is 11.5. The number of rotatable bonds is 7. The van der Waals surface area contributed by atoms with E-state index in [1.165, 1.54) is 0 Å². The first-order chi connectivity index (χ1) is 11.5. The summed E-state index contributed by atoms with van der Waals surface area (Å²) in [5.74, 6) is -0.171. The van der Waals surface area contributed by atoms with E-state index >= 15 is 0 Å². The van der Waals surface area contributed by atoms with Crippen molar-refractivity contribution >= 4 is 5.97 Å². The molecule has 2 aromatic carbocycles. The minimum absolute atomic E-state index is 0.165. The molecule has 2 aromatic rings. The van der Waals surface area contributed by atoms with Crippen molar-refractivity contribution in [1.29, 1.82) is 0 Å². The first-order valence-electron chi connectivity index (χ1n) is 8.27. The van der Waals surface area contributed by atoms with Crippen LogP contribution in [0.2, 0.25) is 0 Å². The van der Waals surface area contributed by atoms with Gasteiger partial charge in [-0.15, -0.1) is 0 Å². The molecule has 0 aliphatic carbocycles. The van der Waals surface area contributed by atoms with E-state index in [4.69, 9.17) is 4.74 Å². The molecule has 0 radical (unpaired) electrons. The van der Waals surface area contributed by atoms with E-state index in [9.17, 15) is 9.18 Å². The molecule has 0 unspecified atom stereocenters. The predicted molar refractivity (Wildman–Crippen MR) is 95.5 cm³/mol. The summed E-state index contributed by atoms with van der Waals surface area (Å²) >= 11 is 0. The first kappa shape index (κ1) is 17.9. The second kappa shape index (κ2) is 8.44. The van der Waals surface area contributed by atoms with Gasteiger partial charge in [0.15, 0.2) is 0 Å². The highest BCUT2D eigenvalue weighted by Gasteiger charge is 2.08. The van der Waals surface area contributed by atoms with Gasteiger partial charge in [-0.1, -0.05) is 50.6 Å². The largest absolute Gasteiger partial charge is 0.423 e. The van der Waals surface area contributed by atoms with Gasteiger partial charge in [0.2, 0.25) is 0 Å². The summed E-state index contributed by atoms with van der Waals surface area (Å²) in [6.07, 6.45) is 4.03. The normalized spacial score (nSPS) is 10.5. The number of carbonyl (C=O) groups excluding carboxylic acids is 1. The Kier molecular flexibility index (Phi) is 6.30. The molecule has 0 saturated carbocycles. The highest BCUT2D eigenvalue weighted by atomic mass is 19.1. The average Bonchev–Trinajstić information content (AvgIpc) is 2.57. The van der Waals surface area contributed by atoms with E-state index in [1.807, 2.05) is 24.3 Å². The van der Waals surface area contributed by atoms with Gasteiger partial charge in [-0.2, -0.15) is 0 Å². The van der Waals surface area contributed by atoms with Gasteiger partial charge >= 0.3 is 5.97 Å². The maximum Gasteiger partial charge on any atom is 0.338 e. The molecule has 24 heavy (non-hydrogen) atoms. The number of ether oxygens (including phenoxy) is 1. The van der Waals surface area contributed by atoms with Gasteiger partial charge in [-0.25, -0.2) is 9.18 Å². The van der Waals surface area contributed by atoms with Gasteiger partial charge in [0.25, 0.3) is 0 Å². The maximum atomic E-state index is 14.2. The Labute approximate surface area is 143 Å². The second-order valence-electron chi connectivity index (χ2n) is 5.96. The average molecular weight is 326 g/mol. The van der Waals surface area contributed by atoms with Crippen molar-refractivity contribution in [3.8, 4) is 16.9 Å². The Morgan fingerprint density at radius 1 is 1.08 bits per heavy atom. The summed E-state index contributed by atoms with van der Waals surface area (Å²) in [6.45, 7) is 7.28. The monoisotopic (exact) mass is 326 g/mol. The molecular formula is C21H23FO2. The molecule has 0 atom stereocenters. The third-order valence-corrected chi connectivity index (χ3v) is 3.85. The van der Waals surface area contributed by atoms with Crippen LogP contribution in [0.15, 0.2) is 54.6 Å².